The number of nitrogens with two attached hydrogens (primary N) is 1. The standard InChI is InChI=1S/C13H20ClN3O/c1-13(2,15)8-12(18)16-10-7-9(14)5-6-11(10)17(3)4/h5-7H,8,15H2,1-4H3,(H,16,18). The largest absolute Gasteiger partial charge is 0.376 e. The highest BCUT2D eigenvalue weighted by atomic mass is 35.5. The van der Waals surface area contributed by atoms with E-state index in [0.717, 1.165) is 5.69 Å². The number of benzene rings is 1. The molecular weight excluding hydrogens is 250 g/mol. The summed E-state index contributed by atoms with van der Waals surface area (Å²) in [6.07, 6.45) is 0.256. The lowest BCUT2D eigenvalue weighted by Crippen LogP contribution is -2.36. The van der Waals surface area contributed by atoms with Crippen molar-refractivity contribution in [2.45, 2.75) is 25.8 Å². The second-order valence-corrected chi connectivity index (χ2v) is 5.71. The third-order valence-electron chi connectivity index (χ3n) is 2.33. The van der Waals surface area contributed by atoms with Gasteiger partial charge in [0.05, 0.1) is 11.4 Å². The predicted octanol–water partition coefficient (Wildman–Crippen LogP) is 2.47. The number of hydrogen-bond donors (Lipinski definition) is 2. The summed E-state index contributed by atoms with van der Waals surface area (Å²) >= 11 is 5.94. The van der Waals surface area contributed by atoms with Gasteiger partial charge >= 0.3 is 0 Å². The number of amides is 1. The second-order valence-electron chi connectivity index (χ2n) is 5.27. The van der Waals surface area contributed by atoms with Crippen LogP contribution in [0.15, 0.2) is 18.2 Å². The summed E-state index contributed by atoms with van der Waals surface area (Å²) in [5.41, 5.74) is 6.89. The molecule has 3 N–H and O–H groups in total. The molecule has 1 rings (SSSR count). The third kappa shape index (κ3) is 4.55. The van der Waals surface area contributed by atoms with E-state index < -0.39 is 5.54 Å². The quantitative estimate of drug-likeness (QED) is 0.883. The molecule has 0 heterocycles. The van der Waals surface area contributed by atoms with E-state index in [4.69, 9.17) is 17.3 Å². The number of nitrogens with one attached hydrogen (secondary N) is 1. The zero-order valence-corrected chi connectivity index (χ0v) is 12.0. The highest BCUT2D eigenvalue weighted by molar-refractivity contribution is 6.31. The Hall–Kier alpha value is -1.26. The van der Waals surface area contributed by atoms with Crippen LogP contribution in [0.3, 0.4) is 0 Å². The molecule has 0 saturated heterocycles. The summed E-state index contributed by atoms with van der Waals surface area (Å²) < 4.78 is 0. The summed E-state index contributed by atoms with van der Waals surface area (Å²) in [6.45, 7) is 3.63. The molecule has 1 aromatic rings. The second kappa shape index (κ2) is 5.59. The Labute approximate surface area is 113 Å². The van der Waals surface area contributed by atoms with Gasteiger partial charge in [0.15, 0.2) is 0 Å². The van der Waals surface area contributed by atoms with Crippen LogP contribution in [0.25, 0.3) is 0 Å². The molecule has 0 unspecified atom stereocenters. The SMILES string of the molecule is CN(C)c1ccc(Cl)cc1NC(=O)CC(C)(C)N. The van der Waals surface area contributed by atoms with E-state index in [-0.39, 0.29) is 12.3 Å². The monoisotopic (exact) mass is 269 g/mol. The molecule has 100 valence electrons. The van der Waals surface area contributed by atoms with E-state index in [9.17, 15) is 4.79 Å². The fraction of sp³-hybridized carbons (Fsp3) is 0.462. The molecule has 0 bridgehead atoms. The first-order valence-electron chi connectivity index (χ1n) is 5.74. The van der Waals surface area contributed by atoms with Gasteiger partial charge in [-0.05, 0) is 32.0 Å². The predicted molar refractivity (Wildman–Crippen MR) is 77.3 cm³/mol. The van der Waals surface area contributed by atoms with Gasteiger partial charge in [-0.1, -0.05) is 11.6 Å². The Morgan fingerprint density at radius 1 is 1.44 bits per heavy atom. The van der Waals surface area contributed by atoms with Gasteiger partial charge in [0.1, 0.15) is 0 Å². The van der Waals surface area contributed by atoms with Crippen LogP contribution >= 0.6 is 11.6 Å². The highest BCUT2D eigenvalue weighted by Crippen LogP contribution is 2.28. The van der Waals surface area contributed by atoms with E-state index >= 15 is 0 Å². The molecule has 5 heteroatoms. The minimum atomic E-state index is -0.527. The topological polar surface area (TPSA) is 58.4 Å². The number of halogens is 1. The summed E-state index contributed by atoms with van der Waals surface area (Å²) in [6, 6.07) is 5.39. The van der Waals surface area contributed by atoms with Gasteiger partial charge in [-0.3, -0.25) is 4.79 Å². The van der Waals surface area contributed by atoms with E-state index in [1.165, 1.54) is 0 Å². The molecule has 0 fully saturated rings. The summed E-state index contributed by atoms with van der Waals surface area (Å²) in [7, 11) is 3.82. The fourth-order valence-electron chi connectivity index (χ4n) is 1.61. The van der Waals surface area contributed by atoms with Crippen molar-refractivity contribution in [3.05, 3.63) is 23.2 Å². The van der Waals surface area contributed by atoms with Crippen LogP contribution in [0.4, 0.5) is 11.4 Å². The van der Waals surface area contributed by atoms with Gasteiger partial charge in [0.25, 0.3) is 0 Å². The number of anilines is 2. The van der Waals surface area contributed by atoms with Gasteiger partial charge in [-0.2, -0.15) is 0 Å². The molecule has 4 nitrogen and oxygen atoms in total. The van der Waals surface area contributed by atoms with Gasteiger partial charge in [0, 0.05) is 31.1 Å². The molecular formula is C13H20ClN3O. The number of nitrogens with zero attached hydrogens (tertiary/aromatic N) is 1. The first kappa shape index (κ1) is 14.8. The smallest absolute Gasteiger partial charge is 0.226 e. The Bertz CT molecular complexity index is 438. The molecule has 0 aromatic heterocycles. The van der Waals surface area contributed by atoms with Crippen molar-refractivity contribution in [3.63, 3.8) is 0 Å². The van der Waals surface area contributed by atoms with Crippen LogP contribution < -0.4 is 16.0 Å². The Balaban J connectivity index is 2.89. The van der Waals surface area contributed by atoms with Crippen molar-refractivity contribution in [2.24, 2.45) is 5.73 Å². The van der Waals surface area contributed by atoms with Crippen LogP contribution in [0.5, 0.6) is 0 Å². The Morgan fingerprint density at radius 2 is 2.06 bits per heavy atom. The van der Waals surface area contributed by atoms with Crippen molar-refractivity contribution in [1.82, 2.24) is 0 Å². The number of carbonyl (C=O) groups is 1. The van der Waals surface area contributed by atoms with Crippen molar-refractivity contribution >= 4 is 28.9 Å². The molecule has 0 spiro atoms. The van der Waals surface area contributed by atoms with Crippen molar-refractivity contribution in [2.75, 3.05) is 24.3 Å². The molecule has 1 aromatic carbocycles. The van der Waals surface area contributed by atoms with Crippen LogP contribution in [0, 0.1) is 0 Å². The van der Waals surface area contributed by atoms with Crippen LogP contribution in [0.2, 0.25) is 5.02 Å². The molecule has 0 aliphatic carbocycles. The first-order valence-corrected chi connectivity index (χ1v) is 6.12. The molecule has 18 heavy (non-hydrogen) atoms. The van der Waals surface area contributed by atoms with Gasteiger partial charge in [0.2, 0.25) is 5.91 Å². The van der Waals surface area contributed by atoms with Gasteiger partial charge in [-0.25, -0.2) is 0 Å². The number of rotatable bonds is 4. The zero-order chi connectivity index (χ0) is 13.9. The van der Waals surface area contributed by atoms with Crippen molar-refractivity contribution in [3.8, 4) is 0 Å². The Morgan fingerprint density at radius 3 is 2.56 bits per heavy atom. The lowest BCUT2D eigenvalue weighted by atomic mass is 10.0. The minimum absolute atomic E-state index is 0.118. The average molecular weight is 270 g/mol. The summed E-state index contributed by atoms with van der Waals surface area (Å²) in [5.74, 6) is -0.118. The highest BCUT2D eigenvalue weighted by Gasteiger charge is 2.17. The number of carbonyl (C=O) groups excluding carboxylic acids is 1. The van der Waals surface area contributed by atoms with E-state index in [1.807, 2.05) is 38.9 Å². The van der Waals surface area contributed by atoms with Gasteiger partial charge < -0.3 is 16.0 Å². The molecule has 0 atom stereocenters. The molecule has 0 saturated carbocycles. The Kier molecular flexibility index (Phi) is 4.59. The third-order valence-corrected chi connectivity index (χ3v) is 2.57. The van der Waals surface area contributed by atoms with Crippen LogP contribution in [0.1, 0.15) is 20.3 Å². The first-order chi connectivity index (χ1) is 8.19. The molecule has 0 aliphatic rings. The molecule has 0 radical (unpaired) electrons. The zero-order valence-electron chi connectivity index (χ0n) is 11.2. The van der Waals surface area contributed by atoms with Crippen LogP contribution in [-0.4, -0.2) is 25.5 Å². The maximum Gasteiger partial charge on any atom is 0.226 e. The maximum absolute atomic E-state index is 11.9. The van der Waals surface area contributed by atoms with Crippen LogP contribution in [-0.2, 0) is 4.79 Å². The normalized spacial score (nSPS) is 11.2. The lowest BCUT2D eigenvalue weighted by Gasteiger charge is -2.21. The molecule has 0 aliphatic heterocycles. The fourth-order valence-corrected chi connectivity index (χ4v) is 1.78. The molecule has 1 amide bonds. The summed E-state index contributed by atoms with van der Waals surface area (Å²) in [4.78, 5) is 13.8. The van der Waals surface area contributed by atoms with E-state index in [1.54, 1.807) is 12.1 Å². The van der Waals surface area contributed by atoms with E-state index in [2.05, 4.69) is 5.32 Å². The van der Waals surface area contributed by atoms with E-state index in [0.29, 0.717) is 10.7 Å². The number of hydrogen-bond acceptors (Lipinski definition) is 3. The lowest BCUT2D eigenvalue weighted by molar-refractivity contribution is -0.117. The summed E-state index contributed by atoms with van der Waals surface area (Å²) in [5, 5.41) is 3.43. The average Bonchev–Trinajstić information content (AvgIpc) is 2.13. The van der Waals surface area contributed by atoms with Crippen molar-refractivity contribution in [1.29, 1.82) is 0 Å². The minimum Gasteiger partial charge on any atom is -0.376 e. The van der Waals surface area contributed by atoms with Crippen molar-refractivity contribution < 1.29 is 4.79 Å². The van der Waals surface area contributed by atoms with Gasteiger partial charge in [-0.15, -0.1) is 0 Å². The maximum atomic E-state index is 11.9.